The highest BCUT2D eigenvalue weighted by Crippen LogP contribution is 2.25. The molecule has 106 valence electrons. The van der Waals surface area contributed by atoms with Gasteiger partial charge in [0.15, 0.2) is 0 Å². The maximum absolute atomic E-state index is 9.57. The molecule has 0 unspecified atom stereocenters. The molecular formula is C16H25NO2. The van der Waals surface area contributed by atoms with E-state index in [1.165, 1.54) is 32.1 Å². The molecule has 3 heteroatoms. The molecule has 1 fully saturated rings. The number of hydrogen-bond acceptors (Lipinski definition) is 3. The van der Waals surface area contributed by atoms with Crippen LogP contribution in [0.4, 0.5) is 0 Å². The second kappa shape index (κ2) is 7.51. The van der Waals surface area contributed by atoms with Crippen LogP contribution >= 0.6 is 0 Å². The predicted molar refractivity (Wildman–Crippen MR) is 77.3 cm³/mol. The third-order valence-corrected chi connectivity index (χ3v) is 3.85. The van der Waals surface area contributed by atoms with E-state index >= 15 is 0 Å². The van der Waals surface area contributed by atoms with E-state index in [-0.39, 0.29) is 0 Å². The van der Waals surface area contributed by atoms with Crippen molar-refractivity contribution in [2.75, 3.05) is 13.2 Å². The van der Waals surface area contributed by atoms with Crippen LogP contribution in [0.3, 0.4) is 0 Å². The van der Waals surface area contributed by atoms with Crippen molar-refractivity contribution in [3.05, 3.63) is 29.8 Å². The molecule has 1 aliphatic carbocycles. The highest BCUT2D eigenvalue weighted by molar-refractivity contribution is 5.29. The molecule has 0 aromatic heterocycles. The fourth-order valence-corrected chi connectivity index (χ4v) is 2.69. The van der Waals surface area contributed by atoms with Gasteiger partial charge in [-0.25, -0.2) is 0 Å². The standard InChI is InChI=1S/C16H25NO2/c17-11-15(18)9-14-7-4-8-16(10-14)19-12-13-5-2-1-3-6-13/h4,7-8,10,13,15,18H,1-3,5-6,9,11-12,17H2/t15-/m1/s1. The molecule has 0 saturated heterocycles. The molecule has 3 N–H and O–H groups in total. The molecule has 0 aliphatic heterocycles. The van der Waals surface area contributed by atoms with E-state index in [2.05, 4.69) is 0 Å². The Balaban J connectivity index is 1.84. The minimum Gasteiger partial charge on any atom is -0.493 e. The van der Waals surface area contributed by atoms with Gasteiger partial charge in [0, 0.05) is 6.54 Å². The van der Waals surface area contributed by atoms with Gasteiger partial charge in [0.05, 0.1) is 12.7 Å². The zero-order valence-corrected chi connectivity index (χ0v) is 11.6. The largest absolute Gasteiger partial charge is 0.493 e. The van der Waals surface area contributed by atoms with Gasteiger partial charge in [0.1, 0.15) is 5.75 Å². The molecule has 1 aliphatic rings. The van der Waals surface area contributed by atoms with E-state index in [0.29, 0.717) is 18.9 Å². The Kier molecular flexibility index (Phi) is 5.67. The molecule has 0 spiro atoms. The molecule has 1 saturated carbocycles. The van der Waals surface area contributed by atoms with Gasteiger partial charge in [0.25, 0.3) is 0 Å². The number of nitrogens with two attached hydrogens (primary N) is 1. The van der Waals surface area contributed by atoms with Gasteiger partial charge in [-0.1, -0.05) is 31.4 Å². The number of aliphatic hydroxyl groups excluding tert-OH is 1. The van der Waals surface area contributed by atoms with E-state index < -0.39 is 6.10 Å². The predicted octanol–water partition coefficient (Wildman–Crippen LogP) is 2.51. The quantitative estimate of drug-likeness (QED) is 0.829. The number of rotatable bonds is 6. The van der Waals surface area contributed by atoms with Crippen LogP contribution in [0.25, 0.3) is 0 Å². The summed E-state index contributed by atoms with van der Waals surface area (Å²) in [5.74, 6) is 1.62. The summed E-state index contributed by atoms with van der Waals surface area (Å²) in [6, 6.07) is 7.99. The van der Waals surface area contributed by atoms with Gasteiger partial charge in [0.2, 0.25) is 0 Å². The van der Waals surface area contributed by atoms with Crippen molar-refractivity contribution in [1.29, 1.82) is 0 Å². The van der Waals surface area contributed by atoms with Gasteiger partial charge in [-0.05, 0) is 42.9 Å². The van der Waals surface area contributed by atoms with Crippen molar-refractivity contribution in [3.63, 3.8) is 0 Å². The fourth-order valence-electron chi connectivity index (χ4n) is 2.69. The van der Waals surface area contributed by atoms with Crippen molar-refractivity contribution in [3.8, 4) is 5.75 Å². The third-order valence-electron chi connectivity index (χ3n) is 3.85. The second-order valence-electron chi connectivity index (χ2n) is 5.56. The van der Waals surface area contributed by atoms with E-state index in [0.717, 1.165) is 17.9 Å². The summed E-state index contributed by atoms with van der Waals surface area (Å²) in [6.45, 7) is 1.12. The van der Waals surface area contributed by atoms with Gasteiger partial charge >= 0.3 is 0 Å². The van der Waals surface area contributed by atoms with Gasteiger partial charge in [-0.15, -0.1) is 0 Å². The van der Waals surface area contributed by atoms with Gasteiger partial charge in [-0.2, -0.15) is 0 Å². The third kappa shape index (κ3) is 4.84. The number of hydrogen-bond donors (Lipinski definition) is 2. The SMILES string of the molecule is NC[C@H](O)Cc1cccc(OCC2CCCCC2)c1. The van der Waals surface area contributed by atoms with Crippen LogP contribution in [0.15, 0.2) is 24.3 Å². The second-order valence-corrected chi connectivity index (χ2v) is 5.56. The van der Waals surface area contributed by atoms with Crippen LogP contribution in [0, 0.1) is 5.92 Å². The summed E-state index contributed by atoms with van der Waals surface area (Å²) < 4.78 is 5.89. The van der Waals surface area contributed by atoms with Crippen molar-refractivity contribution in [2.24, 2.45) is 11.7 Å². The molecular weight excluding hydrogens is 238 g/mol. The van der Waals surface area contributed by atoms with Crippen LogP contribution in [0.1, 0.15) is 37.7 Å². The average Bonchev–Trinajstić information content (AvgIpc) is 2.46. The fraction of sp³-hybridized carbons (Fsp3) is 0.625. The number of benzene rings is 1. The first-order valence-electron chi connectivity index (χ1n) is 7.38. The van der Waals surface area contributed by atoms with Crippen LogP contribution in [-0.4, -0.2) is 24.4 Å². The minimum atomic E-state index is -0.464. The van der Waals surface area contributed by atoms with Crippen molar-refractivity contribution < 1.29 is 9.84 Å². The number of ether oxygens (including phenoxy) is 1. The molecule has 1 aromatic rings. The van der Waals surface area contributed by atoms with Crippen molar-refractivity contribution in [1.82, 2.24) is 0 Å². The molecule has 0 heterocycles. The van der Waals surface area contributed by atoms with Crippen LogP contribution in [0.5, 0.6) is 5.75 Å². The summed E-state index contributed by atoms with van der Waals surface area (Å²) in [5, 5.41) is 9.57. The lowest BCUT2D eigenvalue weighted by Gasteiger charge is -2.21. The molecule has 0 amide bonds. The zero-order valence-electron chi connectivity index (χ0n) is 11.6. The summed E-state index contributed by atoms with van der Waals surface area (Å²) in [6.07, 6.45) is 6.79. The smallest absolute Gasteiger partial charge is 0.119 e. The summed E-state index contributed by atoms with van der Waals surface area (Å²) >= 11 is 0. The lowest BCUT2D eigenvalue weighted by atomic mass is 9.90. The summed E-state index contributed by atoms with van der Waals surface area (Å²) in [5.41, 5.74) is 6.52. The van der Waals surface area contributed by atoms with Gasteiger partial charge in [-0.3, -0.25) is 0 Å². The Hall–Kier alpha value is -1.06. The van der Waals surface area contributed by atoms with E-state index in [1.807, 2.05) is 24.3 Å². The number of aliphatic hydroxyl groups is 1. The van der Waals surface area contributed by atoms with Crippen molar-refractivity contribution in [2.45, 2.75) is 44.6 Å². The summed E-state index contributed by atoms with van der Waals surface area (Å²) in [7, 11) is 0. The molecule has 3 nitrogen and oxygen atoms in total. The van der Waals surface area contributed by atoms with E-state index in [4.69, 9.17) is 10.5 Å². The Morgan fingerprint density at radius 2 is 2.05 bits per heavy atom. The lowest BCUT2D eigenvalue weighted by Crippen LogP contribution is -2.22. The monoisotopic (exact) mass is 263 g/mol. The molecule has 1 aromatic carbocycles. The van der Waals surface area contributed by atoms with Crippen LogP contribution < -0.4 is 10.5 Å². The molecule has 0 bridgehead atoms. The Labute approximate surface area is 115 Å². The Morgan fingerprint density at radius 3 is 2.79 bits per heavy atom. The molecule has 0 radical (unpaired) electrons. The van der Waals surface area contributed by atoms with E-state index in [1.54, 1.807) is 0 Å². The maximum Gasteiger partial charge on any atom is 0.119 e. The first-order valence-corrected chi connectivity index (χ1v) is 7.38. The summed E-state index contributed by atoms with van der Waals surface area (Å²) in [4.78, 5) is 0. The molecule has 19 heavy (non-hydrogen) atoms. The first-order chi connectivity index (χ1) is 9.28. The highest BCUT2D eigenvalue weighted by atomic mass is 16.5. The lowest BCUT2D eigenvalue weighted by molar-refractivity contribution is 0.183. The normalized spacial score (nSPS) is 18.2. The molecule has 2 rings (SSSR count). The Morgan fingerprint density at radius 1 is 1.26 bits per heavy atom. The molecule has 1 atom stereocenters. The van der Waals surface area contributed by atoms with Gasteiger partial charge < -0.3 is 15.6 Å². The highest BCUT2D eigenvalue weighted by Gasteiger charge is 2.14. The first kappa shape index (κ1) is 14.4. The van der Waals surface area contributed by atoms with Crippen LogP contribution in [-0.2, 0) is 6.42 Å². The van der Waals surface area contributed by atoms with Crippen molar-refractivity contribution >= 4 is 0 Å². The minimum absolute atomic E-state index is 0.299. The topological polar surface area (TPSA) is 55.5 Å². The zero-order chi connectivity index (χ0) is 13.5. The van der Waals surface area contributed by atoms with E-state index in [9.17, 15) is 5.11 Å². The maximum atomic E-state index is 9.57. The van der Waals surface area contributed by atoms with Crippen LogP contribution in [0.2, 0.25) is 0 Å². The Bertz CT molecular complexity index is 375. The average molecular weight is 263 g/mol.